The van der Waals surface area contributed by atoms with Crippen molar-refractivity contribution in [2.75, 3.05) is 4.90 Å². The first-order chi connectivity index (χ1) is 10.9. The third-order valence-corrected chi connectivity index (χ3v) is 6.66. The molecule has 2 aliphatic carbocycles. The van der Waals surface area contributed by atoms with Crippen LogP contribution in [-0.2, 0) is 9.59 Å². The lowest BCUT2D eigenvalue weighted by atomic mass is 9.80. The molecule has 6 atom stereocenters. The lowest BCUT2D eigenvalue weighted by Crippen LogP contribution is -2.37. The summed E-state index contributed by atoms with van der Waals surface area (Å²) in [4.78, 5) is 37.8. The zero-order valence-corrected chi connectivity index (χ0v) is 13.4. The van der Waals surface area contributed by atoms with Gasteiger partial charge in [-0.2, -0.15) is 0 Å². The molecule has 1 aromatic rings. The molecule has 3 aliphatic rings. The number of rotatable bonds is 2. The van der Waals surface area contributed by atoms with E-state index >= 15 is 0 Å². The second-order valence-electron chi connectivity index (χ2n) is 6.37. The third-order valence-electron chi connectivity index (χ3n) is 5.34. The molecule has 2 bridgehead atoms. The van der Waals surface area contributed by atoms with E-state index in [0.717, 1.165) is 4.90 Å². The minimum Gasteiger partial charge on any atom is -0.478 e. The van der Waals surface area contributed by atoms with Crippen molar-refractivity contribution < 1.29 is 19.5 Å². The summed E-state index contributed by atoms with van der Waals surface area (Å²) in [5.74, 6) is -2.71. The number of carboxylic acid groups (broad SMARTS) is 1. The van der Waals surface area contributed by atoms with Crippen molar-refractivity contribution in [3.63, 3.8) is 0 Å². The summed E-state index contributed by atoms with van der Waals surface area (Å²) in [5.41, 5.74) is 0.333. The van der Waals surface area contributed by atoms with Gasteiger partial charge in [0, 0.05) is 0 Å². The van der Waals surface area contributed by atoms with E-state index in [0.29, 0.717) is 12.1 Å². The first-order valence-electron chi connectivity index (χ1n) is 7.41. The van der Waals surface area contributed by atoms with E-state index in [1.54, 1.807) is 6.07 Å². The van der Waals surface area contributed by atoms with Gasteiger partial charge in [-0.1, -0.05) is 6.07 Å². The summed E-state index contributed by atoms with van der Waals surface area (Å²) >= 11 is 12.6. The van der Waals surface area contributed by atoms with E-state index < -0.39 is 17.8 Å². The van der Waals surface area contributed by atoms with Crippen LogP contribution in [-0.4, -0.2) is 33.6 Å². The highest BCUT2D eigenvalue weighted by molar-refractivity contribution is 6.32. The van der Waals surface area contributed by atoms with Gasteiger partial charge >= 0.3 is 5.97 Å². The van der Waals surface area contributed by atoms with Crippen LogP contribution in [0.25, 0.3) is 0 Å². The van der Waals surface area contributed by atoms with Crippen molar-refractivity contribution in [2.24, 2.45) is 23.7 Å². The smallest absolute Gasteiger partial charge is 0.335 e. The third kappa shape index (κ3) is 1.90. The van der Waals surface area contributed by atoms with E-state index in [9.17, 15) is 14.4 Å². The Kier molecular flexibility index (Phi) is 3.22. The molecule has 1 aliphatic heterocycles. The number of anilines is 1. The van der Waals surface area contributed by atoms with Gasteiger partial charge in [0.05, 0.1) is 33.8 Å². The molecule has 0 radical (unpaired) electrons. The molecule has 1 N–H and O–H groups in total. The van der Waals surface area contributed by atoms with Crippen molar-refractivity contribution in [1.29, 1.82) is 0 Å². The van der Waals surface area contributed by atoms with E-state index in [1.807, 2.05) is 0 Å². The molecule has 0 spiro atoms. The van der Waals surface area contributed by atoms with Crippen LogP contribution in [0.4, 0.5) is 5.69 Å². The number of aromatic carboxylic acids is 1. The Hall–Kier alpha value is -1.59. The number of fused-ring (bicyclic) bond motifs is 5. The SMILES string of the molecule is O=C(O)c1cccc(N2C(=O)[C@@H]3[C@H]4C[C@@H]([C@H](Cl)[C@H]4Cl)[C@H]3C2=O)c1. The van der Waals surface area contributed by atoms with Gasteiger partial charge in [-0.3, -0.25) is 14.5 Å². The Labute approximate surface area is 142 Å². The molecule has 7 heteroatoms. The molecule has 0 unspecified atom stereocenters. The van der Waals surface area contributed by atoms with Crippen molar-refractivity contribution in [3.05, 3.63) is 29.8 Å². The van der Waals surface area contributed by atoms with Gasteiger partial charge in [0.25, 0.3) is 0 Å². The predicted molar refractivity (Wildman–Crippen MR) is 83.8 cm³/mol. The largest absolute Gasteiger partial charge is 0.478 e. The van der Waals surface area contributed by atoms with Gasteiger partial charge < -0.3 is 5.11 Å². The monoisotopic (exact) mass is 353 g/mol. The number of benzene rings is 1. The maximum absolute atomic E-state index is 12.8. The number of nitrogens with zero attached hydrogens (tertiary/aromatic N) is 1. The number of carbonyl (C=O) groups is 3. The Morgan fingerprint density at radius 3 is 2.17 bits per heavy atom. The molecule has 0 aromatic heterocycles. The Bertz CT molecular complexity index is 705. The summed E-state index contributed by atoms with van der Waals surface area (Å²) in [5, 5.41) is 8.48. The summed E-state index contributed by atoms with van der Waals surface area (Å²) in [6.45, 7) is 0. The van der Waals surface area contributed by atoms with Crippen LogP contribution in [0.5, 0.6) is 0 Å². The van der Waals surface area contributed by atoms with Crippen LogP contribution < -0.4 is 4.90 Å². The molecule has 5 nitrogen and oxygen atoms in total. The summed E-state index contributed by atoms with van der Waals surface area (Å²) in [6.07, 6.45) is 0.707. The lowest BCUT2D eigenvalue weighted by molar-refractivity contribution is -0.123. The number of hydrogen-bond acceptors (Lipinski definition) is 3. The fraction of sp³-hybridized carbons (Fsp3) is 0.438. The second kappa shape index (κ2) is 4.95. The topological polar surface area (TPSA) is 74.7 Å². The average Bonchev–Trinajstić information content (AvgIpc) is 3.12. The van der Waals surface area contributed by atoms with Gasteiger partial charge in [-0.25, -0.2) is 4.79 Å². The highest BCUT2D eigenvalue weighted by Gasteiger charge is 2.66. The summed E-state index contributed by atoms with van der Waals surface area (Å²) in [7, 11) is 0. The minimum absolute atomic E-state index is 0.0357. The van der Waals surface area contributed by atoms with Gasteiger partial charge in [0.2, 0.25) is 11.8 Å². The van der Waals surface area contributed by atoms with E-state index in [1.165, 1.54) is 18.2 Å². The molecule has 120 valence electrons. The fourth-order valence-corrected chi connectivity index (χ4v) is 5.27. The number of imide groups is 1. The molecule has 3 fully saturated rings. The normalized spacial score (nSPS) is 38.3. The highest BCUT2D eigenvalue weighted by Crippen LogP contribution is 2.59. The van der Waals surface area contributed by atoms with Crippen molar-refractivity contribution >= 4 is 46.7 Å². The predicted octanol–water partition coefficient (Wildman–Crippen LogP) is 2.35. The van der Waals surface area contributed by atoms with Crippen LogP contribution in [0.3, 0.4) is 0 Å². The first-order valence-corrected chi connectivity index (χ1v) is 8.28. The maximum Gasteiger partial charge on any atom is 0.335 e. The Morgan fingerprint density at radius 2 is 1.65 bits per heavy atom. The number of carbonyl (C=O) groups excluding carboxylic acids is 2. The van der Waals surface area contributed by atoms with Gasteiger partial charge in [-0.05, 0) is 36.5 Å². The van der Waals surface area contributed by atoms with Crippen LogP contribution in [0, 0.1) is 23.7 Å². The summed E-state index contributed by atoms with van der Waals surface area (Å²) in [6, 6.07) is 5.86. The van der Waals surface area contributed by atoms with Crippen molar-refractivity contribution in [2.45, 2.75) is 17.2 Å². The standard InChI is InChI=1S/C16H13Cl2NO4/c17-12-8-5-9(13(12)18)11-10(8)14(20)19(15(11)21)7-3-1-2-6(4-7)16(22)23/h1-4,8-13H,5H2,(H,22,23)/t8-,9-,10-,11-,12+,13+/m1/s1. The quantitative estimate of drug-likeness (QED) is 0.654. The molecule has 4 rings (SSSR count). The molecular formula is C16H13Cl2NO4. The average molecular weight is 354 g/mol. The van der Waals surface area contributed by atoms with Crippen LogP contribution in [0.1, 0.15) is 16.8 Å². The Balaban J connectivity index is 1.73. The van der Waals surface area contributed by atoms with Gasteiger partial charge in [-0.15, -0.1) is 23.2 Å². The number of hydrogen-bond donors (Lipinski definition) is 1. The van der Waals surface area contributed by atoms with Crippen LogP contribution in [0.2, 0.25) is 0 Å². The second-order valence-corrected chi connectivity index (χ2v) is 7.38. The van der Waals surface area contributed by atoms with Crippen molar-refractivity contribution in [1.82, 2.24) is 0 Å². The number of amides is 2. The van der Waals surface area contributed by atoms with Crippen LogP contribution in [0.15, 0.2) is 24.3 Å². The number of carboxylic acids is 1. The first kappa shape index (κ1) is 15.0. The zero-order chi connectivity index (χ0) is 16.5. The number of halogens is 2. The highest BCUT2D eigenvalue weighted by atomic mass is 35.5. The number of alkyl halides is 2. The lowest BCUT2D eigenvalue weighted by Gasteiger charge is -2.28. The molecule has 2 saturated carbocycles. The maximum atomic E-state index is 12.8. The van der Waals surface area contributed by atoms with Gasteiger partial charge in [0.15, 0.2) is 0 Å². The molecule has 23 heavy (non-hydrogen) atoms. The van der Waals surface area contributed by atoms with Crippen LogP contribution >= 0.6 is 23.2 Å². The zero-order valence-electron chi connectivity index (χ0n) is 11.9. The molecule has 1 aromatic carbocycles. The van der Waals surface area contributed by atoms with E-state index in [2.05, 4.69) is 0 Å². The molecule has 2 amide bonds. The fourth-order valence-electron chi connectivity index (χ4n) is 4.38. The Morgan fingerprint density at radius 1 is 1.09 bits per heavy atom. The molecular weight excluding hydrogens is 341 g/mol. The van der Waals surface area contributed by atoms with E-state index in [4.69, 9.17) is 28.3 Å². The van der Waals surface area contributed by atoms with Gasteiger partial charge in [0.1, 0.15) is 0 Å². The van der Waals surface area contributed by atoms with E-state index in [-0.39, 0.29) is 40.0 Å². The summed E-state index contributed by atoms with van der Waals surface area (Å²) < 4.78 is 0. The minimum atomic E-state index is -1.10. The molecule has 1 heterocycles. The van der Waals surface area contributed by atoms with Crippen molar-refractivity contribution in [3.8, 4) is 0 Å². The molecule has 1 saturated heterocycles.